The van der Waals surface area contributed by atoms with Crippen LogP contribution in [0.2, 0.25) is 0 Å². The maximum Gasteiger partial charge on any atom is 0.180 e. The van der Waals surface area contributed by atoms with Gasteiger partial charge in [-0.2, -0.15) is 0 Å². The second-order valence-electron chi connectivity index (χ2n) is 12.7. The molecule has 2 aromatic rings. The zero-order valence-corrected chi connectivity index (χ0v) is 24.1. The highest BCUT2D eigenvalue weighted by Gasteiger charge is 2.40. The molecular formula is C36H42N2O3. The number of anilines is 1. The molecule has 0 saturated heterocycles. The van der Waals surface area contributed by atoms with Gasteiger partial charge in [-0.15, -0.1) is 0 Å². The third-order valence-electron chi connectivity index (χ3n) is 9.98. The van der Waals surface area contributed by atoms with Crippen LogP contribution in [-0.4, -0.2) is 29.6 Å². The molecule has 2 aliphatic carbocycles. The molecule has 214 valence electrons. The van der Waals surface area contributed by atoms with E-state index in [2.05, 4.69) is 52.8 Å². The fraction of sp³-hybridized carbons (Fsp3) is 0.500. The minimum absolute atomic E-state index is 0.0184. The minimum Gasteiger partial charge on any atom is -0.384 e. The largest absolute Gasteiger partial charge is 0.384 e. The molecule has 2 aromatic carbocycles. The van der Waals surface area contributed by atoms with E-state index >= 15 is 0 Å². The molecule has 1 N–H and O–H groups in total. The number of benzene rings is 2. The molecule has 2 atom stereocenters. The number of carbonyl (C=O) groups excluding carboxylic acids is 3. The number of nitrogens with zero attached hydrogens (tertiary/aromatic N) is 1. The lowest BCUT2D eigenvalue weighted by molar-refractivity contribution is -0.119. The molecule has 5 nitrogen and oxygen atoms in total. The Kier molecular flexibility index (Phi) is 8.59. The Balaban J connectivity index is 1.00. The summed E-state index contributed by atoms with van der Waals surface area (Å²) in [7, 11) is 0. The van der Waals surface area contributed by atoms with Crippen LogP contribution in [-0.2, 0) is 33.6 Å². The van der Waals surface area contributed by atoms with E-state index in [1.807, 2.05) is 6.08 Å². The van der Waals surface area contributed by atoms with Crippen LogP contribution in [0.25, 0.3) is 0 Å². The zero-order valence-electron chi connectivity index (χ0n) is 24.1. The van der Waals surface area contributed by atoms with Gasteiger partial charge in [0.1, 0.15) is 11.6 Å². The van der Waals surface area contributed by atoms with Gasteiger partial charge in [-0.3, -0.25) is 19.4 Å². The highest BCUT2D eigenvalue weighted by molar-refractivity contribution is 6.41. The Labute approximate surface area is 243 Å². The van der Waals surface area contributed by atoms with Crippen LogP contribution in [0.15, 0.2) is 59.7 Å². The number of hydrogen-bond donors (Lipinski definition) is 1. The van der Waals surface area contributed by atoms with Crippen molar-refractivity contribution in [3.8, 4) is 0 Å². The van der Waals surface area contributed by atoms with E-state index in [1.54, 1.807) is 6.20 Å². The molecule has 2 saturated carbocycles. The Bertz CT molecular complexity index is 1360. The number of fused-ring (bicyclic) bond motifs is 1. The Morgan fingerprint density at radius 2 is 1.73 bits per heavy atom. The lowest BCUT2D eigenvalue weighted by atomic mass is 9.73. The highest BCUT2D eigenvalue weighted by atomic mass is 16.1. The van der Waals surface area contributed by atoms with Gasteiger partial charge in [0, 0.05) is 56.0 Å². The molecule has 2 aliphatic heterocycles. The van der Waals surface area contributed by atoms with E-state index in [-0.39, 0.29) is 17.6 Å². The monoisotopic (exact) mass is 550 g/mol. The first-order valence-corrected chi connectivity index (χ1v) is 15.8. The van der Waals surface area contributed by atoms with E-state index in [9.17, 15) is 14.4 Å². The summed E-state index contributed by atoms with van der Waals surface area (Å²) in [6, 6.07) is 15.4. The van der Waals surface area contributed by atoms with Crippen LogP contribution in [0.1, 0.15) is 92.4 Å². The van der Waals surface area contributed by atoms with Gasteiger partial charge in [0.05, 0.1) is 5.71 Å². The predicted octanol–water partition coefficient (Wildman–Crippen LogP) is 6.98. The standard InChI is InChI=1S/C36H42N2O3/c39-31-16-15-27-10-9-25(21-34(27)38-19-17-31)5-1-4-24-6-2-7-29(20-24)32-22-30(23-35(32)40)26-11-13-28(14-12-26)36(41)33-8-3-18-37-33/h2-3,6-7,9-10,18,20-21,26,28,30,32,38H,1,4-5,8,11-17,19,22-23H2. The number of allylic oxidation sites excluding steroid dienone is 1. The van der Waals surface area contributed by atoms with E-state index in [4.69, 9.17) is 0 Å². The Hall–Kier alpha value is -3.34. The first kappa shape index (κ1) is 27.8. The second-order valence-corrected chi connectivity index (χ2v) is 12.7. The molecule has 2 fully saturated rings. The number of aryl methyl sites for hydroxylation is 3. The molecule has 0 radical (unpaired) electrons. The molecule has 0 bridgehead atoms. The number of carbonyl (C=O) groups is 3. The van der Waals surface area contributed by atoms with Crippen molar-refractivity contribution < 1.29 is 14.4 Å². The molecule has 0 amide bonds. The number of nitrogens with one attached hydrogen (secondary N) is 1. The molecule has 4 aliphatic rings. The van der Waals surface area contributed by atoms with Crippen LogP contribution in [0.3, 0.4) is 0 Å². The molecular weight excluding hydrogens is 508 g/mol. The zero-order chi connectivity index (χ0) is 28.2. The van der Waals surface area contributed by atoms with Crippen LogP contribution in [0.5, 0.6) is 0 Å². The van der Waals surface area contributed by atoms with Crippen molar-refractivity contribution in [2.45, 2.75) is 89.4 Å². The second kappa shape index (κ2) is 12.7. The quantitative estimate of drug-likeness (QED) is 0.385. The summed E-state index contributed by atoms with van der Waals surface area (Å²) in [5.41, 5.74) is 6.99. The van der Waals surface area contributed by atoms with Crippen molar-refractivity contribution in [3.05, 3.63) is 77.0 Å². The smallest absolute Gasteiger partial charge is 0.180 e. The van der Waals surface area contributed by atoms with Gasteiger partial charge in [0.15, 0.2) is 5.78 Å². The summed E-state index contributed by atoms with van der Waals surface area (Å²) in [5, 5.41) is 3.46. The van der Waals surface area contributed by atoms with Gasteiger partial charge in [0.2, 0.25) is 0 Å². The summed E-state index contributed by atoms with van der Waals surface area (Å²) in [6.45, 7) is 0.720. The minimum atomic E-state index is 0.0184. The maximum atomic E-state index is 13.2. The van der Waals surface area contributed by atoms with Crippen molar-refractivity contribution in [2.75, 3.05) is 11.9 Å². The predicted molar refractivity (Wildman–Crippen MR) is 163 cm³/mol. The summed E-state index contributed by atoms with van der Waals surface area (Å²) < 4.78 is 0. The summed E-state index contributed by atoms with van der Waals surface area (Å²) in [6.07, 6.45) is 15.2. The summed E-state index contributed by atoms with van der Waals surface area (Å²) in [4.78, 5) is 42.0. The molecule has 41 heavy (non-hydrogen) atoms. The maximum absolute atomic E-state index is 13.2. The normalized spacial score (nSPS) is 26.2. The summed E-state index contributed by atoms with van der Waals surface area (Å²) in [5.74, 6) is 2.12. The van der Waals surface area contributed by atoms with Gasteiger partial charge < -0.3 is 5.32 Å². The fourth-order valence-electron chi connectivity index (χ4n) is 7.57. The number of Topliss-reactive ketones (excluding diaryl/α,β-unsaturated/α-hetero) is 3. The average Bonchev–Trinajstić information content (AvgIpc) is 3.66. The first-order chi connectivity index (χ1) is 20.0. The number of aliphatic imine (C=N–C) groups is 1. The molecule has 6 rings (SSSR count). The molecule has 2 unspecified atom stereocenters. The number of ketones is 3. The van der Waals surface area contributed by atoms with Crippen molar-refractivity contribution in [3.63, 3.8) is 0 Å². The van der Waals surface area contributed by atoms with Crippen molar-refractivity contribution in [2.24, 2.45) is 22.7 Å². The third kappa shape index (κ3) is 6.60. The fourth-order valence-corrected chi connectivity index (χ4v) is 7.57. The van der Waals surface area contributed by atoms with Crippen LogP contribution >= 0.6 is 0 Å². The highest BCUT2D eigenvalue weighted by Crippen LogP contribution is 2.45. The van der Waals surface area contributed by atoms with Crippen molar-refractivity contribution >= 4 is 28.7 Å². The van der Waals surface area contributed by atoms with Gasteiger partial charge in [0.25, 0.3) is 0 Å². The van der Waals surface area contributed by atoms with Gasteiger partial charge in [-0.1, -0.05) is 42.5 Å². The topological polar surface area (TPSA) is 75.6 Å². The average molecular weight is 551 g/mol. The lowest BCUT2D eigenvalue weighted by Crippen LogP contribution is -2.29. The Morgan fingerprint density at radius 1 is 0.902 bits per heavy atom. The van der Waals surface area contributed by atoms with Crippen LogP contribution in [0, 0.1) is 17.8 Å². The third-order valence-corrected chi connectivity index (χ3v) is 9.98. The Morgan fingerprint density at radius 3 is 2.54 bits per heavy atom. The van der Waals surface area contributed by atoms with E-state index in [0.29, 0.717) is 49.1 Å². The molecule has 0 spiro atoms. The van der Waals surface area contributed by atoms with Crippen LogP contribution < -0.4 is 5.32 Å². The number of hydrogen-bond acceptors (Lipinski definition) is 5. The molecule has 5 heteroatoms. The van der Waals surface area contributed by atoms with Gasteiger partial charge in [-0.25, -0.2) is 0 Å². The van der Waals surface area contributed by atoms with E-state index in [0.717, 1.165) is 70.0 Å². The lowest BCUT2D eigenvalue weighted by Gasteiger charge is -2.31. The van der Waals surface area contributed by atoms with Gasteiger partial charge >= 0.3 is 0 Å². The SMILES string of the molecule is O=C1CCNc2cc(CCCc3cccc(C4CC(C5CCC(C(=O)C6=NC=CC6)CC5)CC4=O)c3)ccc2CC1. The molecule has 2 heterocycles. The van der Waals surface area contributed by atoms with E-state index in [1.165, 1.54) is 27.9 Å². The molecule has 0 aromatic heterocycles. The van der Waals surface area contributed by atoms with Crippen molar-refractivity contribution in [1.82, 2.24) is 0 Å². The first-order valence-electron chi connectivity index (χ1n) is 15.8. The number of rotatable bonds is 8. The van der Waals surface area contributed by atoms with Crippen LogP contribution in [0.4, 0.5) is 5.69 Å². The van der Waals surface area contributed by atoms with Crippen molar-refractivity contribution in [1.29, 1.82) is 0 Å². The van der Waals surface area contributed by atoms with E-state index < -0.39 is 0 Å². The summed E-state index contributed by atoms with van der Waals surface area (Å²) >= 11 is 0. The van der Waals surface area contributed by atoms with Gasteiger partial charge in [-0.05, 0) is 97.9 Å².